The Kier molecular flexibility index (Phi) is 6.62. The maximum absolute atomic E-state index is 12.7. The van der Waals surface area contributed by atoms with E-state index in [1.54, 1.807) is 18.4 Å². The number of nitrogens with one attached hydrogen (secondary N) is 1. The second kappa shape index (κ2) is 9.74. The molecule has 0 saturated heterocycles. The van der Waals surface area contributed by atoms with E-state index in [-0.39, 0.29) is 11.8 Å². The van der Waals surface area contributed by atoms with Gasteiger partial charge in [0.15, 0.2) is 0 Å². The Morgan fingerprint density at radius 2 is 1.90 bits per heavy atom. The van der Waals surface area contributed by atoms with E-state index in [0.29, 0.717) is 19.6 Å². The van der Waals surface area contributed by atoms with Crippen molar-refractivity contribution in [3.05, 3.63) is 94.3 Å². The third-order valence-corrected chi connectivity index (χ3v) is 6.06. The molecule has 4 rings (SSSR count). The molecule has 0 aliphatic heterocycles. The molecular weight excluding hydrogens is 392 g/mol. The molecule has 2 aromatic carbocycles. The van der Waals surface area contributed by atoms with E-state index in [4.69, 9.17) is 4.74 Å². The molecule has 2 heterocycles. The van der Waals surface area contributed by atoms with Crippen molar-refractivity contribution in [1.29, 1.82) is 0 Å². The first-order valence-corrected chi connectivity index (χ1v) is 11.1. The van der Waals surface area contributed by atoms with Crippen LogP contribution in [0.1, 0.15) is 29.0 Å². The topological polar surface area (TPSA) is 43.3 Å². The van der Waals surface area contributed by atoms with Crippen molar-refractivity contribution in [1.82, 2.24) is 9.88 Å². The number of amides is 1. The molecule has 0 aliphatic rings. The van der Waals surface area contributed by atoms with E-state index >= 15 is 0 Å². The molecule has 1 unspecified atom stereocenters. The molecule has 30 heavy (non-hydrogen) atoms. The molecule has 4 aromatic rings. The summed E-state index contributed by atoms with van der Waals surface area (Å²) in [7, 11) is 1.64. The summed E-state index contributed by atoms with van der Waals surface area (Å²) in [5.74, 6) is 0.0591. The number of rotatable bonds is 9. The molecule has 0 saturated carbocycles. The molecule has 0 aliphatic carbocycles. The Hall–Kier alpha value is -2.89. The number of fused-ring (bicyclic) bond motifs is 1. The van der Waals surface area contributed by atoms with Crippen molar-refractivity contribution in [3.8, 4) is 0 Å². The molecule has 1 N–H and O–H groups in total. The lowest BCUT2D eigenvalue weighted by Gasteiger charge is -2.15. The Bertz CT molecular complexity index is 1090. The van der Waals surface area contributed by atoms with E-state index in [1.807, 2.05) is 6.07 Å². The summed E-state index contributed by atoms with van der Waals surface area (Å²) in [5.41, 5.74) is 4.83. The van der Waals surface area contributed by atoms with Crippen molar-refractivity contribution in [3.63, 3.8) is 0 Å². The molecule has 2 aromatic heterocycles. The van der Waals surface area contributed by atoms with Gasteiger partial charge in [-0.15, -0.1) is 0 Å². The van der Waals surface area contributed by atoms with E-state index in [1.165, 1.54) is 27.6 Å². The molecular formula is C25H26N2O2S. The van der Waals surface area contributed by atoms with Crippen LogP contribution in [0.5, 0.6) is 0 Å². The first kappa shape index (κ1) is 20.4. The van der Waals surface area contributed by atoms with Crippen molar-refractivity contribution < 1.29 is 9.53 Å². The van der Waals surface area contributed by atoms with Gasteiger partial charge in [0.2, 0.25) is 5.91 Å². The first-order valence-electron chi connectivity index (χ1n) is 10.2. The fraction of sp³-hybridized carbons (Fsp3) is 0.240. The van der Waals surface area contributed by atoms with Crippen LogP contribution in [0.25, 0.3) is 10.9 Å². The predicted octanol–water partition coefficient (Wildman–Crippen LogP) is 5.04. The molecule has 4 nitrogen and oxygen atoms in total. The normalized spacial score (nSPS) is 12.2. The number of aromatic nitrogens is 1. The van der Waals surface area contributed by atoms with E-state index in [9.17, 15) is 4.79 Å². The average molecular weight is 419 g/mol. The van der Waals surface area contributed by atoms with Crippen molar-refractivity contribution >= 4 is 28.1 Å². The van der Waals surface area contributed by atoms with Crippen LogP contribution in [0.15, 0.2) is 77.6 Å². The number of hydrogen-bond donors (Lipinski definition) is 1. The van der Waals surface area contributed by atoms with Gasteiger partial charge in [-0.25, -0.2) is 0 Å². The van der Waals surface area contributed by atoms with Gasteiger partial charge in [0.1, 0.15) is 0 Å². The maximum Gasteiger partial charge on any atom is 0.221 e. The standard InChI is InChI=1S/C25H26N2O2S/c1-29-13-12-26-25(28)15-22(20-11-14-30-18-20)23-17-27(16-19-7-3-2-4-8-19)24-10-6-5-9-21(23)24/h2-11,14,17-18,22H,12-13,15-16H2,1H3,(H,26,28). The van der Waals surface area contributed by atoms with Gasteiger partial charge >= 0.3 is 0 Å². The summed E-state index contributed by atoms with van der Waals surface area (Å²) < 4.78 is 7.35. The Labute approximate surface area is 181 Å². The first-order chi connectivity index (χ1) is 14.8. The van der Waals surface area contributed by atoms with Gasteiger partial charge in [-0.2, -0.15) is 11.3 Å². The Morgan fingerprint density at radius 3 is 2.67 bits per heavy atom. The van der Waals surface area contributed by atoms with Crippen molar-refractivity contribution in [2.24, 2.45) is 0 Å². The Balaban J connectivity index is 1.70. The van der Waals surface area contributed by atoms with Gasteiger partial charge in [0.05, 0.1) is 6.61 Å². The molecule has 0 radical (unpaired) electrons. The van der Waals surface area contributed by atoms with Crippen LogP contribution in [-0.4, -0.2) is 30.7 Å². The number of methoxy groups -OCH3 is 1. The molecule has 0 spiro atoms. The van der Waals surface area contributed by atoms with Crippen LogP contribution in [0.2, 0.25) is 0 Å². The number of carbonyl (C=O) groups is 1. The number of carbonyl (C=O) groups excluding carboxylic acids is 1. The predicted molar refractivity (Wildman–Crippen MR) is 123 cm³/mol. The molecule has 154 valence electrons. The molecule has 1 amide bonds. The fourth-order valence-electron chi connectivity index (χ4n) is 3.89. The fourth-order valence-corrected chi connectivity index (χ4v) is 4.61. The number of benzene rings is 2. The average Bonchev–Trinajstić information content (AvgIpc) is 3.42. The van der Waals surface area contributed by atoms with Gasteiger partial charge in [-0.1, -0.05) is 48.5 Å². The van der Waals surface area contributed by atoms with Crippen molar-refractivity contribution in [2.45, 2.75) is 18.9 Å². The smallest absolute Gasteiger partial charge is 0.221 e. The van der Waals surface area contributed by atoms with Gasteiger partial charge < -0.3 is 14.6 Å². The van der Waals surface area contributed by atoms with Crippen LogP contribution < -0.4 is 5.32 Å². The van der Waals surface area contributed by atoms with Crippen LogP contribution in [-0.2, 0) is 16.1 Å². The summed E-state index contributed by atoms with van der Waals surface area (Å²) in [4.78, 5) is 12.7. The SMILES string of the molecule is COCCNC(=O)CC(c1ccsc1)c1cn(Cc2ccccc2)c2ccccc12. The highest BCUT2D eigenvalue weighted by molar-refractivity contribution is 7.08. The minimum atomic E-state index is 0.0146. The molecule has 5 heteroatoms. The van der Waals surface area contributed by atoms with Crippen LogP contribution in [0, 0.1) is 0 Å². The zero-order chi connectivity index (χ0) is 20.8. The number of para-hydroxylation sites is 1. The summed E-state index contributed by atoms with van der Waals surface area (Å²) in [5, 5.41) is 8.40. The highest BCUT2D eigenvalue weighted by Crippen LogP contribution is 2.36. The van der Waals surface area contributed by atoms with Crippen LogP contribution in [0.3, 0.4) is 0 Å². The number of thiophene rings is 1. The lowest BCUT2D eigenvalue weighted by Crippen LogP contribution is -2.28. The third-order valence-electron chi connectivity index (χ3n) is 5.35. The van der Waals surface area contributed by atoms with Crippen LogP contribution >= 0.6 is 11.3 Å². The van der Waals surface area contributed by atoms with Crippen molar-refractivity contribution in [2.75, 3.05) is 20.3 Å². The molecule has 1 atom stereocenters. The monoisotopic (exact) mass is 418 g/mol. The zero-order valence-corrected chi connectivity index (χ0v) is 17.9. The lowest BCUT2D eigenvalue weighted by molar-refractivity contribution is -0.121. The summed E-state index contributed by atoms with van der Waals surface area (Å²) in [6.45, 7) is 1.85. The van der Waals surface area contributed by atoms with E-state index in [2.05, 4.69) is 81.4 Å². The molecule has 0 fully saturated rings. The largest absolute Gasteiger partial charge is 0.383 e. The van der Waals surface area contributed by atoms with Gasteiger partial charge in [-0.3, -0.25) is 4.79 Å². The minimum Gasteiger partial charge on any atom is -0.383 e. The van der Waals surface area contributed by atoms with Crippen LogP contribution in [0.4, 0.5) is 0 Å². The van der Waals surface area contributed by atoms with Gasteiger partial charge in [0, 0.05) is 49.6 Å². The second-order valence-corrected chi connectivity index (χ2v) is 8.15. The maximum atomic E-state index is 12.7. The second-order valence-electron chi connectivity index (χ2n) is 7.37. The van der Waals surface area contributed by atoms with E-state index in [0.717, 1.165) is 6.54 Å². The summed E-state index contributed by atoms with van der Waals surface area (Å²) in [6.07, 6.45) is 2.64. The highest BCUT2D eigenvalue weighted by atomic mass is 32.1. The van der Waals surface area contributed by atoms with Gasteiger partial charge in [0.25, 0.3) is 0 Å². The zero-order valence-electron chi connectivity index (χ0n) is 17.1. The number of nitrogens with zero attached hydrogens (tertiary/aromatic N) is 1. The lowest BCUT2D eigenvalue weighted by atomic mass is 9.89. The van der Waals surface area contributed by atoms with E-state index < -0.39 is 0 Å². The number of hydrogen-bond acceptors (Lipinski definition) is 3. The van der Waals surface area contributed by atoms with Gasteiger partial charge in [-0.05, 0) is 39.6 Å². The minimum absolute atomic E-state index is 0.0146. The molecule has 0 bridgehead atoms. The third kappa shape index (κ3) is 4.64. The Morgan fingerprint density at radius 1 is 1.10 bits per heavy atom. The number of ether oxygens (including phenoxy) is 1. The highest BCUT2D eigenvalue weighted by Gasteiger charge is 2.23. The summed E-state index contributed by atoms with van der Waals surface area (Å²) >= 11 is 1.67. The quantitative estimate of drug-likeness (QED) is 0.387. The summed E-state index contributed by atoms with van der Waals surface area (Å²) in [6, 6.07) is 21.1.